The number of nitrogens with one attached hydrogen (secondary N) is 1. The number of hydrazone groups is 1. The Morgan fingerprint density at radius 2 is 2.20 bits per heavy atom. The number of para-hydroxylation sites is 1. The molecule has 0 aliphatic rings. The third-order valence-electron chi connectivity index (χ3n) is 3.23. The van der Waals surface area contributed by atoms with Gasteiger partial charge in [-0.25, -0.2) is 9.82 Å². The number of rotatable bonds is 7. The second-order valence-corrected chi connectivity index (χ2v) is 6.24. The molecule has 0 fully saturated rings. The molecule has 0 spiro atoms. The van der Waals surface area contributed by atoms with Gasteiger partial charge >= 0.3 is 0 Å². The number of amides is 1. The molecule has 2 rings (SSSR count). The maximum absolute atomic E-state index is 13.4. The van der Waals surface area contributed by atoms with E-state index in [2.05, 4.69) is 29.5 Å². The van der Waals surface area contributed by atoms with Crippen LogP contribution < -0.4 is 10.2 Å². The highest BCUT2D eigenvalue weighted by Gasteiger charge is 2.12. The molecule has 0 saturated carbocycles. The van der Waals surface area contributed by atoms with Gasteiger partial charge in [0.15, 0.2) is 18.2 Å². The molecular formula is C17H20ClFN4O2. The highest BCUT2D eigenvalue weighted by Crippen LogP contribution is 2.19. The number of aromatic nitrogens is 2. The first-order chi connectivity index (χ1) is 11.9. The Labute approximate surface area is 150 Å². The summed E-state index contributed by atoms with van der Waals surface area (Å²) >= 11 is 6.28. The van der Waals surface area contributed by atoms with Crippen LogP contribution in [0.1, 0.15) is 25.1 Å². The SMILES string of the molecule is Cc1nn(CC(C)C)c(Cl)c1/C=N\NC(=O)COc1ccccc1F. The van der Waals surface area contributed by atoms with Gasteiger partial charge in [0.1, 0.15) is 5.15 Å². The van der Waals surface area contributed by atoms with Crippen molar-refractivity contribution in [3.05, 3.63) is 46.5 Å². The lowest BCUT2D eigenvalue weighted by Crippen LogP contribution is -2.24. The summed E-state index contributed by atoms with van der Waals surface area (Å²) in [6.45, 7) is 6.29. The van der Waals surface area contributed by atoms with Crippen molar-refractivity contribution in [3.8, 4) is 5.75 Å². The Kier molecular flexibility index (Phi) is 6.52. The van der Waals surface area contributed by atoms with Crippen LogP contribution in [0, 0.1) is 18.7 Å². The van der Waals surface area contributed by atoms with E-state index in [1.165, 1.54) is 24.4 Å². The quantitative estimate of drug-likeness (QED) is 0.604. The van der Waals surface area contributed by atoms with E-state index in [0.717, 1.165) is 0 Å². The minimum atomic E-state index is -0.529. The lowest BCUT2D eigenvalue weighted by Gasteiger charge is -2.06. The fourth-order valence-corrected chi connectivity index (χ4v) is 2.38. The van der Waals surface area contributed by atoms with E-state index in [9.17, 15) is 9.18 Å². The molecule has 1 heterocycles. The van der Waals surface area contributed by atoms with Crippen molar-refractivity contribution < 1.29 is 13.9 Å². The summed E-state index contributed by atoms with van der Waals surface area (Å²) in [6.07, 6.45) is 1.43. The van der Waals surface area contributed by atoms with Crippen LogP contribution >= 0.6 is 11.6 Å². The van der Waals surface area contributed by atoms with Crippen molar-refractivity contribution >= 4 is 23.7 Å². The van der Waals surface area contributed by atoms with Crippen LogP contribution in [-0.4, -0.2) is 28.5 Å². The Bertz CT molecular complexity index is 774. The van der Waals surface area contributed by atoms with E-state index in [1.807, 2.05) is 6.92 Å². The summed E-state index contributed by atoms with van der Waals surface area (Å²) in [7, 11) is 0. The third-order valence-corrected chi connectivity index (χ3v) is 3.62. The van der Waals surface area contributed by atoms with Crippen molar-refractivity contribution in [1.29, 1.82) is 0 Å². The molecule has 0 unspecified atom stereocenters. The van der Waals surface area contributed by atoms with Gasteiger partial charge in [-0.3, -0.25) is 9.48 Å². The van der Waals surface area contributed by atoms with Crippen LogP contribution in [0.15, 0.2) is 29.4 Å². The molecule has 1 aromatic carbocycles. The van der Waals surface area contributed by atoms with Crippen LogP contribution in [0.3, 0.4) is 0 Å². The number of benzene rings is 1. The van der Waals surface area contributed by atoms with Gasteiger partial charge in [0.05, 0.1) is 17.5 Å². The standard InChI is InChI=1S/C17H20ClFN4O2/c1-11(2)9-23-17(18)13(12(3)22-23)8-20-21-16(24)10-25-15-7-5-4-6-14(15)19/h4-8,11H,9-10H2,1-3H3,(H,21,24)/b20-8-. The fourth-order valence-electron chi connectivity index (χ4n) is 2.09. The normalized spacial score (nSPS) is 11.3. The molecule has 1 amide bonds. The van der Waals surface area contributed by atoms with Crippen LogP contribution in [-0.2, 0) is 11.3 Å². The Hall–Kier alpha value is -2.41. The molecule has 1 aromatic heterocycles. The number of carbonyl (C=O) groups excluding carboxylic acids is 1. The summed E-state index contributed by atoms with van der Waals surface area (Å²) in [6, 6.07) is 5.86. The fraction of sp³-hybridized carbons (Fsp3) is 0.353. The average molecular weight is 367 g/mol. The Balaban J connectivity index is 1.91. The van der Waals surface area contributed by atoms with E-state index in [0.29, 0.717) is 28.9 Å². The first kappa shape index (κ1) is 18.9. The van der Waals surface area contributed by atoms with Crippen LogP contribution in [0.4, 0.5) is 4.39 Å². The summed E-state index contributed by atoms with van der Waals surface area (Å²) in [5.41, 5.74) is 3.66. The van der Waals surface area contributed by atoms with Gasteiger partial charge < -0.3 is 4.74 Å². The maximum atomic E-state index is 13.4. The minimum absolute atomic E-state index is 0.00970. The smallest absolute Gasteiger partial charge is 0.277 e. The number of hydrogen-bond donors (Lipinski definition) is 1. The second-order valence-electron chi connectivity index (χ2n) is 5.88. The molecule has 6 nitrogen and oxygen atoms in total. The molecule has 134 valence electrons. The average Bonchev–Trinajstić information content (AvgIpc) is 2.81. The number of nitrogens with zero attached hydrogens (tertiary/aromatic N) is 3. The van der Waals surface area contributed by atoms with Gasteiger partial charge in [-0.05, 0) is 25.0 Å². The predicted molar refractivity (Wildman–Crippen MR) is 94.4 cm³/mol. The van der Waals surface area contributed by atoms with Crippen molar-refractivity contribution in [2.75, 3.05) is 6.61 Å². The second kappa shape index (κ2) is 8.62. The summed E-state index contributed by atoms with van der Waals surface area (Å²) < 4.78 is 20.2. The zero-order chi connectivity index (χ0) is 18.4. The van der Waals surface area contributed by atoms with Crippen molar-refractivity contribution in [2.24, 2.45) is 11.0 Å². The Morgan fingerprint density at radius 1 is 1.48 bits per heavy atom. The molecule has 8 heteroatoms. The van der Waals surface area contributed by atoms with Gasteiger partial charge in [0.2, 0.25) is 0 Å². The van der Waals surface area contributed by atoms with Crippen LogP contribution in [0.25, 0.3) is 0 Å². The van der Waals surface area contributed by atoms with Crippen LogP contribution in [0.2, 0.25) is 5.15 Å². The molecule has 0 bridgehead atoms. The first-order valence-corrected chi connectivity index (χ1v) is 8.18. The van der Waals surface area contributed by atoms with E-state index in [1.54, 1.807) is 10.7 Å². The third kappa shape index (κ3) is 5.29. The minimum Gasteiger partial charge on any atom is -0.481 e. The molecule has 0 saturated heterocycles. The van der Waals surface area contributed by atoms with Gasteiger partial charge in [0.25, 0.3) is 5.91 Å². The summed E-state index contributed by atoms with van der Waals surface area (Å²) in [5.74, 6) is -0.631. The van der Waals surface area contributed by atoms with Crippen molar-refractivity contribution in [1.82, 2.24) is 15.2 Å². The van der Waals surface area contributed by atoms with E-state index in [4.69, 9.17) is 16.3 Å². The number of ether oxygens (including phenoxy) is 1. The van der Waals surface area contributed by atoms with Crippen LogP contribution in [0.5, 0.6) is 5.75 Å². The molecular weight excluding hydrogens is 347 g/mol. The lowest BCUT2D eigenvalue weighted by atomic mass is 10.2. The summed E-state index contributed by atoms with van der Waals surface area (Å²) in [4.78, 5) is 11.7. The van der Waals surface area contributed by atoms with Gasteiger partial charge in [-0.1, -0.05) is 37.6 Å². The van der Waals surface area contributed by atoms with Gasteiger partial charge in [-0.15, -0.1) is 0 Å². The number of carbonyl (C=O) groups is 1. The summed E-state index contributed by atoms with van der Waals surface area (Å²) in [5, 5.41) is 8.67. The monoisotopic (exact) mass is 366 g/mol. The van der Waals surface area contributed by atoms with E-state index >= 15 is 0 Å². The van der Waals surface area contributed by atoms with Gasteiger partial charge in [-0.2, -0.15) is 10.2 Å². The molecule has 0 radical (unpaired) electrons. The number of halogens is 2. The van der Waals surface area contributed by atoms with Crippen molar-refractivity contribution in [2.45, 2.75) is 27.3 Å². The molecule has 25 heavy (non-hydrogen) atoms. The molecule has 0 aliphatic carbocycles. The molecule has 1 N–H and O–H groups in total. The zero-order valence-electron chi connectivity index (χ0n) is 14.3. The maximum Gasteiger partial charge on any atom is 0.277 e. The number of aryl methyl sites for hydroxylation is 1. The highest BCUT2D eigenvalue weighted by molar-refractivity contribution is 6.32. The predicted octanol–water partition coefficient (Wildman–Crippen LogP) is 3.17. The molecule has 0 atom stereocenters. The molecule has 2 aromatic rings. The highest BCUT2D eigenvalue weighted by atomic mass is 35.5. The Morgan fingerprint density at radius 3 is 2.88 bits per heavy atom. The first-order valence-electron chi connectivity index (χ1n) is 7.80. The van der Waals surface area contributed by atoms with E-state index < -0.39 is 11.7 Å². The largest absolute Gasteiger partial charge is 0.481 e. The van der Waals surface area contributed by atoms with E-state index in [-0.39, 0.29) is 12.4 Å². The lowest BCUT2D eigenvalue weighted by molar-refractivity contribution is -0.123. The number of hydrogen-bond acceptors (Lipinski definition) is 4. The van der Waals surface area contributed by atoms with Crippen molar-refractivity contribution in [3.63, 3.8) is 0 Å². The zero-order valence-corrected chi connectivity index (χ0v) is 15.0. The van der Waals surface area contributed by atoms with Gasteiger partial charge in [0, 0.05) is 6.54 Å². The molecule has 0 aliphatic heterocycles. The topological polar surface area (TPSA) is 68.5 Å².